The lowest BCUT2D eigenvalue weighted by Crippen LogP contribution is -2.20. The van der Waals surface area contributed by atoms with Crippen LogP contribution in [0.15, 0.2) is 6.20 Å². The molecule has 0 aromatic carbocycles. The molecule has 0 aliphatic rings. The number of hydrogen-bond acceptors (Lipinski definition) is 2. The molecule has 1 rings (SSSR count). The Balaban J connectivity index is 3.09. The standard InChI is InChI=1S/C8H12F3N3/c1-5(3-12)7-4-13-14(6(7)2)8(9,10)11/h4-5H,3,12H2,1-2H3. The van der Waals surface area contributed by atoms with Gasteiger partial charge in [0.25, 0.3) is 0 Å². The van der Waals surface area contributed by atoms with Gasteiger partial charge in [-0.25, -0.2) is 0 Å². The topological polar surface area (TPSA) is 43.8 Å². The summed E-state index contributed by atoms with van der Waals surface area (Å²) in [6.07, 6.45) is -3.23. The number of hydrogen-bond donors (Lipinski definition) is 1. The summed E-state index contributed by atoms with van der Waals surface area (Å²) in [6, 6.07) is 0. The third-order valence-corrected chi connectivity index (χ3v) is 2.17. The van der Waals surface area contributed by atoms with Crippen LogP contribution in [0, 0.1) is 6.92 Å². The third kappa shape index (κ3) is 1.89. The van der Waals surface area contributed by atoms with Crippen molar-refractivity contribution >= 4 is 0 Å². The molecule has 0 saturated carbocycles. The van der Waals surface area contributed by atoms with E-state index in [9.17, 15) is 13.2 Å². The average Bonchev–Trinajstić information content (AvgIpc) is 2.45. The highest BCUT2D eigenvalue weighted by atomic mass is 19.4. The number of nitrogens with zero attached hydrogens (tertiary/aromatic N) is 2. The second-order valence-electron chi connectivity index (χ2n) is 3.20. The first-order valence-corrected chi connectivity index (χ1v) is 4.19. The first-order chi connectivity index (χ1) is 6.38. The predicted octanol–water partition coefficient (Wildman–Crippen LogP) is 1.73. The Labute approximate surface area is 79.7 Å². The molecule has 2 N–H and O–H groups in total. The Morgan fingerprint density at radius 3 is 2.50 bits per heavy atom. The van der Waals surface area contributed by atoms with Crippen molar-refractivity contribution < 1.29 is 13.2 Å². The van der Waals surface area contributed by atoms with E-state index in [4.69, 9.17) is 5.73 Å². The Morgan fingerprint density at radius 1 is 1.57 bits per heavy atom. The molecule has 1 atom stereocenters. The molecule has 80 valence electrons. The zero-order valence-electron chi connectivity index (χ0n) is 7.97. The van der Waals surface area contributed by atoms with Gasteiger partial charge in [-0.05, 0) is 24.9 Å². The highest BCUT2D eigenvalue weighted by Crippen LogP contribution is 2.27. The quantitative estimate of drug-likeness (QED) is 0.802. The molecule has 6 heteroatoms. The third-order valence-electron chi connectivity index (χ3n) is 2.17. The molecular weight excluding hydrogens is 195 g/mol. The molecule has 1 aromatic rings. The van der Waals surface area contributed by atoms with Gasteiger partial charge in [-0.2, -0.15) is 9.78 Å². The summed E-state index contributed by atoms with van der Waals surface area (Å²) in [5.74, 6) is -0.105. The van der Waals surface area contributed by atoms with E-state index in [1.54, 1.807) is 6.92 Å². The lowest BCUT2D eigenvalue weighted by atomic mass is 10.0. The Bertz CT molecular complexity index is 316. The SMILES string of the molecule is Cc1c(C(C)CN)cnn1C(F)(F)F. The first-order valence-electron chi connectivity index (χ1n) is 4.19. The van der Waals surface area contributed by atoms with E-state index in [0.29, 0.717) is 12.1 Å². The van der Waals surface area contributed by atoms with Gasteiger partial charge in [0.15, 0.2) is 0 Å². The van der Waals surface area contributed by atoms with Crippen LogP contribution in [0.2, 0.25) is 0 Å². The fourth-order valence-electron chi connectivity index (χ4n) is 1.29. The highest BCUT2D eigenvalue weighted by molar-refractivity contribution is 5.21. The van der Waals surface area contributed by atoms with Crippen LogP contribution in [0.1, 0.15) is 24.1 Å². The van der Waals surface area contributed by atoms with Gasteiger partial charge in [-0.3, -0.25) is 0 Å². The van der Waals surface area contributed by atoms with Crippen LogP contribution < -0.4 is 5.73 Å². The number of rotatable bonds is 2. The number of nitrogens with two attached hydrogens (primary N) is 1. The summed E-state index contributed by atoms with van der Waals surface area (Å²) in [7, 11) is 0. The monoisotopic (exact) mass is 207 g/mol. The molecule has 0 aliphatic heterocycles. The van der Waals surface area contributed by atoms with Crippen molar-refractivity contribution in [1.29, 1.82) is 0 Å². The normalized spacial score (nSPS) is 14.4. The van der Waals surface area contributed by atoms with Gasteiger partial charge < -0.3 is 5.73 Å². The van der Waals surface area contributed by atoms with Gasteiger partial charge in [0, 0.05) is 5.69 Å². The molecule has 0 aliphatic carbocycles. The molecular formula is C8H12F3N3. The van der Waals surface area contributed by atoms with Crippen molar-refractivity contribution in [1.82, 2.24) is 9.78 Å². The molecule has 3 nitrogen and oxygen atoms in total. The summed E-state index contributed by atoms with van der Waals surface area (Å²) in [5.41, 5.74) is 6.03. The van der Waals surface area contributed by atoms with E-state index < -0.39 is 6.30 Å². The van der Waals surface area contributed by atoms with Gasteiger partial charge in [-0.15, -0.1) is 13.2 Å². The van der Waals surface area contributed by atoms with Crippen LogP contribution in [-0.4, -0.2) is 16.3 Å². The van der Waals surface area contributed by atoms with Crippen LogP contribution >= 0.6 is 0 Å². The molecule has 14 heavy (non-hydrogen) atoms. The van der Waals surface area contributed by atoms with Crippen molar-refractivity contribution in [3.05, 3.63) is 17.5 Å². The van der Waals surface area contributed by atoms with Crippen molar-refractivity contribution in [3.8, 4) is 0 Å². The summed E-state index contributed by atoms with van der Waals surface area (Å²) in [6.45, 7) is 3.47. The Kier molecular flexibility index (Phi) is 2.84. The molecule has 0 bridgehead atoms. The minimum Gasteiger partial charge on any atom is -0.330 e. The van der Waals surface area contributed by atoms with Crippen LogP contribution in [0.4, 0.5) is 13.2 Å². The number of alkyl halides is 3. The van der Waals surface area contributed by atoms with Crippen molar-refractivity contribution in [2.75, 3.05) is 6.54 Å². The van der Waals surface area contributed by atoms with Crippen molar-refractivity contribution in [2.24, 2.45) is 5.73 Å². The maximum Gasteiger partial charge on any atom is 0.504 e. The lowest BCUT2D eigenvalue weighted by molar-refractivity contribution is -0.213. The van der Waals surface area contributed by atoms with E-state index in [1.807, 2.05) is 0 Å². The smallest absolute Gasteiger partial charge is 0.330 e. The molecule has 0 fully saturated rings. The average molecular weight is 207 g/mol. The van der Waals surface area contributed by atoms with Gasteiger partial charge in [-0.1, -0.05) is 6.92 Å². The van der Waals surface area contributed by atoms with Crippen molar-refractivity contribution in [3.63, 3.8) is 0 Å². The van der Waals surface area contributed by atoms with E-state index in [0.717, 1.165) is 0 Å². The largest absolute Gasteiger partial charge is 0.504 e. The van der Waals surface area contributed by atoms with E-state index in [2.05, 4.69) is 5.10 Å². The first kappa shape index (κ1) is 11.0. The van der Waals surface area contributed by atoms with Crippen LogP contribution in [0.25, 0.3) is 0 Å². The predicted molar refractivity (Wildman–Crippen MR) is 45.7 cm³/mol. The van der Waals surface area contributed by atoms with Gasteiger partial charge in [0.2, 0.25) is 0 Å². The van der Waals surface area contributed by atoms with Crippen LogP contribution in [0.5, 0.6) is 0 Å². The minimum absolute atomic E-state index is 0.0640. The Morgan fingerprint density at radius 2 is 2.14 bits per heavy atom. The summed E-state index contributed by atoms with van der Waals surface area (Å²) >= 11 is 0. The maximum absolute atomic E-state index is 12.3. The zero-order valence-corrected chi connectivity index (χ0v) is 7.97. The Hall–Kier alpha value is -1.04. The fourth-order valence-corrected chi connectivity index (χ4v) is 1.29. The maximum atomic E-state index is 12.3. The number of aromatic nitrogens is 2. The van der Waals surface area contributed by atoms with E-state index >= 15 is 0 Å². The highest BCUT2D eigenvalue weighted by Gasteiger charge is 2.34. The van der Waals surface area contributed by atoms with Crippen LogP contribution in [0.3, 0.4) is 0 Å². The van der Waals surface area contributed by atoms with E-state index in [1.165, 1.54) is 13.1 Å². The van der Waals surface area contributed by atoms with Gasteiger partial charge in [0.05, 0.1) is 6.20 Å². The summed E-state index contributed by atoms with van der Waals surface area (Å²) < 4.78 is 37.0. The summed E-state index contributed by atoms with van der Waals surface area (Å²) in [4.78, 5) is 0. The number of halogens is 3. The molecule has 1 unspecified atom stereocenters. The second-order valence-corrected chi connectivity index (χ2v) is 3.20. The molecule has 1 heterocycles. The van der Waals surface area contributed by atoms with Crippen molar-refractivity contribution in [2.45, 2.75) is 26.1 Å². The van der Waals surface area contributed by atoms with E-state index in [-0.39, 0.29) is 16.3 Å². The van der Waals surface area contributed by atoms with Crippen LogP contribution in [-0.2, 0) is 6.30 Å². The minimum atomic E-state index is -4.45. The summed E-state index contributed by atoms with van der Waals surface area (Å²) in [5, 5.41) is 3.29. The second kappa shape index (κ2) is 3.61. The molecule has 0 spiro atoms. The van der Waals surface area contributed by atoms with Gasteiger partial charge >= 0.3 is 6.30 Å². The fraction of sp³-hybridized carbons (Fsp3) is 0.625. The molecule has 1 aromatic heterocycles. The zero-order chi connectivity index (χ0) is 10.9. The molecule has 0 saturated heterocycles. The lowest BCUT2D eigenvalue weighted by Gasteiger charge is -2.10. The molecule has 0 radical (unpaired) electrons. The van der Waals surface area contributed by atoms with Gasteiger partial charge in [0.1, 0.15) is 0 Å². The molecule has 0 amide bonds.